The number of rotatable bonds is 4. The Bertz CT molecular complexity index is 734. The fourth-order valence-corrected chi connectivity index (χ4v) is 2.69. The summed E-state index contributed by atoms with van der Waals surface area (Å²) >= 11 is 0. The average molecular weight is 268 g/mol. The van der Waals surface area contributed by atoms with Gasteiger partial charge < -0.3 is 8.90 Å². The van der Waals surface area contributed by atoms with Crippen LogP contribution < -0.4 is 0 Å². The molecule has 3 aromatic rings. The van der Waals surface area contributed by atoms with Crippen LogP contribution in [-0.2, 0) is 6.42 Å². The normalized spacial score (nSPS) is 12.3. The smallest absolute Gasteiger partial charge is 0.135 e. The van der Waals surface area contributed by atoms with E-state index in [1.54, 1.807) is 0 Å². The molecule has 0 bridgehead atoms. The molecule has 0 spiro atoms. The molecule has 2 aromatic carbocycles. The van der Waals surface area contributed by atoms with Gasteiger partial charge in [0.1, 0.15) is 11.2 Å². The molecule has 2 nitrogen and oxygen atoms in total. The third kappa shape index (κ3) is 2.70. The highest BCUT2D eigenvalue weighted by atomic mass is 16.3. The van der Waals surface area contributed by atoms with Gasteiger partial charge in [-0.25, -0.2) is 0 Å². The van der Waals surface area contributed by atoms with Crippen LogP contribution in [-0.4, -0.2) is 32.2 Å². The van der Waals surface area contributed by atoms with Crippen LogP contribution in [0.4, 0.5) is 0 Å². The molecule has 0 N–H and O–H groups in total. The van der Waals surface area contributed by atoms with Gasteiger partial charge in [0.15, 0.2) is 0 Å². The molecule has 0 fully saturated rings. The van der Waals surface area contributed by atoms with Gasteiger partial charge in [0.2, 0.25) is 0 Å². The summed E-state index contributed by atoms with van der Waals surface area (Å²) in [5, 5.41) is 2.46. The SMILES string of the molecule is C[N+](C)(C)CCCc1ccc2oc3ccccc3c2c1. The van der Waals surface area contributed by atoms with Crippen molar-refractivity contribution in [1.29, 1.82) is 0 Å². The van der Waals surface area contributed by atoms with E-state index in [1.807, 2.05) is 12.1 Å². The molecule has 3 rings (SSSR count). The topological polar surface area (TPSA) is 13.1 Å². The number of hydrogen-bond donors (Lipinski definition) is 0. The summed E-state index contributed by atoms with van der Waals surface area (Å²) < 4.78 is 6.89. The first-order valence-electron chi connectivity index (χ1n) is 7.24. The molecular formula is C18H22NO+. The van der Waals surface area contributed by atoms with Crippen molar-refractivity contribution in [1.82, 2.24) is 0 Å². The number of furan rings is 1. The number of hydrogen-bond acceptors (Lipinski definition) is 1. The maximum atomic E-state index is 5.86. The molecule has 0 amide bonds. The van der Waals surface area contributed by atoms with Crippen molar-refractivity contribution < 1.29 is 8.90 Å². The minimum absolute atomic E-state index is 0.978. The summed E-state index contributed by atoms with van der Waals surface area (Å²) in [6.45, 7) is 1.20. The van der Waals surface area contributed by atoms with Crippen molar-refractivity contribution in [3.63, 3.8) is 0 Å². The Kier molecular flexibility index (Phi) is 3.27. The molecule has 0 aliphatic heterocycles. The number of aryl methyl sites for hydroxylation is 1. The zero-order valence-electron chi connectivity index (χ0n) is 12.5. The summed E-state index contributed by atoms with van der Waals surface area (Å²) in [5.41, 5.74) is 3.37. The van der Waals surface area contributed by atoms with Gasteiger partial charge >= 0.3 is 0 Å². The van der Waals surface area contributed by atoms with Crippen molar-refractivity contribution in [2.45, 2.75) is 12.8 Å². The molecular weight excluding hydrogens is 246 g/mol. The van der Waals surface area contributed by atoms with Crippen LogP contribution in [0.15, 0.2) is 46.9 Å². The molecule has 0 aliphatic carbocycles. The van der Waals surface area contributed by atoms with Crippen molar-refractivity contribution in [2.75, 3.05) is 27.7 Å². The Morgan fingerprint density at radius 2 is 1.65 bits per heavy atom. The van der Waals surface area contributed by atoms with E-state index in [1.165, 1.54) is 29.3 Å². The van der Waals surface area contributed by atoms with Gasteiger partial charge in [-0.3, -0.25) is 0 Å². The second-order valence-electron chi connectivity index (χ2n) is 6.55. The molecule has 0 atom stereocenters. The molecule has 1 heterocycles. The maximum absolute atomic E-state index is 5.86. The second kappa shape index (κ2) is 4.95. The number of quaternary nitrogens is 1. The molecule has 0 saturated carbocycles. The molecule has 1 aromatic heterocycles. The lowest BCUT2D eigenvalue weighted by atomic mass is 10.1. The number of benzene rings is 2. The zero-order valence-corrected chi connectivity index (χ0v) is 12.5. The Balaban J connectivity index is 1.88. The van der Waals surface area contributed by atoms with Crippen molar-refractivity contribution in [2.24, 2.45) is 0 Å². The molecule has 0 radical (unpaired) electrons. The minimum Gasteiger partial charge on any atom is -0.456 e. The first-order valence-corrected chi connectivity index (χ1v) is 7.24. The first kappa shape index (κ1) is 13.2. The Hall–Kier alpha value is -1.80. The van der Waals surface area contributed by atoms with Crippen molar-refractivity contribution >= 4 is 21.9 Å². The first-order chi connectivity index (χ1) is 9.53. The van der Waals surface area contributed by atoms with E-state index in [-0.39, 0.29) is 0 Å². The third-order valence-electron chi connectivity index (χ3n) is 3.74. The fourth-order valence-electron chi connectivity index (χ4n) is 2.69. The quantitative estimate of drug-likeness (QED) is 0.646. The lowest BCUT2D eigenvalue weighted by Gasteiger charge is -2.23. The zero-order chi connectivity index (χ0) is 14.2. The Morgan fingerprint density at radius 3 is 2.45 bits per heavy atom. The molecule has 104 valence electrons. The molecule has 2 heteroatoms. The van der Waals surface area contributed by atoms with Gasteiger partial charge in [-0.15, -0.1) is 0 Å². The molecule has 0 aliphatic rings. The fraction of sp³-hybridized carbons (Fsp3) is 0.333. The van der Waals surface area contributed by atoms with Crippen LogP contribution in [0.25, 0.3) is 21.9 Å². The highest BCUT2D eigenvalue weighted by molar-refractivity contribution is 6.04. The van der Waals surface area contributed by atoms with Crippen LogP contribution in [0.1, 0.15) is 12.0 Å². The van der Waals surface area contributed by atoms with Gasteiger partial charge in [0, 0.05) is 17.2 Å². The van der Waals surface area contributed by atoms with Gasteiger partial charge in [-0.2, -0.15) is 0 Å². The van der Waals surface area contributed by atoms with Gasteiger partial charge in [0.05, 0.1) is 27.7 Å². The summed E-state index contributed by atoms with van der Waals surface area (Å²) in [6, 6.07) is 14.9. The van der Waals surface area contributed by atoms with Crippen LogP contribution in [0.5, 0.6) is 0 Å². The van der Waals surface area contributed by atoms with Crippen LogP contribution in [0.3, 0.4) is 0 Å². The average Bonchev–Trinajstić information content (AvgIpc) is 2.75. The highest BCUT2D eigenvalue weighted by Crippen LogP contribution is 2.29. The number of fused-ring (bicyclic) bond motifs is 3. The summed E-state index contributed by atoms with van der Waals surface area (Å²) in [5.74, 6) is 0. The van der Waals surface area contributed by atoms with E-state index < -0.39 is 0 Å². The standard InChI is InChI=1S/C18H22NO/c1-19(2,3)12-6-7-14-10-11-18-16(13-14)15-8-4-5-9-17(15)20-18/h4-5,8-11,13H,6-7,12H2,1-3H3/q+1. The maximum Gasteiger partial charge on any atom is 0.135 e. The van der Waals surface area contributed by atoms with Gasteiger partial charge in [0.25, 0.3) is 0 Å². The highest BCUT2D eigenvalue weighted by Gasteiger charge is 2.09. The Morgan fingerprint density at radius 1 is 0.900 bits per heavy atom. The van der Waals surface area contributed by atoms with E-state index in [4.69, 9.17) is 4.42 Å². The summed E-state index contributed by atoms with van der Waals surface area (Å²) in [4.78, 5) is 0. The predicted molar refractivity (Wildman–Crippen MR) is 84.9 cm³/mol. The summed E-state index contributed by atoms with van der Waals surface area (Å²) in [6.07, 6.45) is 2.34. The molecule has 0 unspecified atom stereocenters. The van der Waals surface area contributed by atoms with E-state index in [9.17, 15) is 0 Å². The van der Waals surface area contributed by atoms with Crippen LogP contribution >= 0.6 is 0 Å². The monoisotopic (exact) mass is 268 g/mol. The summed E-state index contributed by atoms with van der Waals surface area (Å²) in [7, 11) is 6.73. The number of nitrogens with zero attached hydrogens (tertiary/aromatic N) is 1. The van der Waals surface area contributed by atoms with E-state index in [0.29, 0.717) is 0 Å². The van der Waals surface area contributed by atoms with Gasteiger partial charge in [-0.1, -0.05) is 24.3 Å². The minimum atomic E-state index is 0.978. The van der Waals surface area contributed by atoms with Crippen LogP contribution in [0, 0.1) is 0 Å². The Labute approximate surface area is 120 Å². The van der Waals surface area contributed by atoms with Crippen molar-refractivity contribution in [3.8, 4) is 0 Å². The van der Waals surface area contributed by atoms with Crippen molar-refractivity contribution in [3.05, 3.63) is 48.0 Å². The molecule has 0 saturated heterocycles. The number of para-hydroxylation sites is 1. The molecule has 20 heavy (non-hydrogen) atoms. The second-order valence-corrected chi connectivity index (χ2v) is 6.55. The van der Waals surface area contributed by atoms with Gasteiger partial charge in [-0.05, 0) is 30.2 Å². The third-order valence-corrected chi connectivity index (χ3v) is 3.74. The largest absolute Gasteiger partial charge is 0.456 e. The van der Waals surface area contributed by atoms with E-state index >= 15 is 0 Å². The van der Waals surface area contributed by atoms with E-state index in [0.717, 1.165) is 22.1 Å². The van der Waals surface area contributed by atoms with Crippen LogP contribution in [0.2, 0.25) is 0 Å². The lowest BCUT2D eigenvalue weighted by molar-refractivity contribution is -0.870. The lowest BCUT2D eigenvalue weighted by Crippen LogP contribution is -2.35. The predicted octanol–water partition coefficient (Wildman–Crippen LogP) is 4.22. The van der Waals surface area contributed by atoms with E-state index in [2.05, 4.69) is 51.5 Å².